The van der Waals surface area contributed by atoms with E-state index in [4.69, 9.17) is 9.15 Å². The zero-order chi connectivity index (χ0) is 15.4. The molecule has 2 saturated heterocycles. The van der Waals surface area contributed by atoms with E-state index in [1.54, 1.807) is 11.0 Å². The zero-order valence-corrected chi connectivity index (χ0v) is 13.4. The SMILES string of the molecule is CN(CC1CCCCO1)C(=O)c1ccc(CN2CCCC2)o1. The molecule has 1 amide bonds. The Kier molecular flexibility index (Phi) is 5.16. The maximum atomic E-state index is 12.4. The number of rotatable bonds is 5. The first-order valence-electron chi connectivity index (χ1n) is 8.40. The molecule has 5 nitrogen and oxygen atoms in total. The van der Waals surface area contributed by atoms with E-state index in [9.17, 15) is 4.79 Å². The van der Waals surface area contributed by atoms with Crippen LogP contribution in [-0.4, -0.2) is 55.1 Å². The van der Waals surface area contributed by atoms with Gasteiger partial charge in [0.2, 0.25) is 0 Å². The third-order valence-corrected chi connectivity index (χ3v) is 4.55. The van der Waals surface area contributed by atoms with Crippen molar-refractivity contribution < 1.29 is 13.9 Å². The van der Waals surface area contributed by atoms with Gasteiger partial charge >= 0.3 is 0 Å². The summed E-state index contributed by atoms with van der Waals surface area (Å²) in [6.07, 6.45) is 6.05. The number of nitrogens with zero attached hydrogens (tertiary/aromatic N) is 2. The molecule has 1 atom stereocenters. The van der Waals surface area contributed by atoms with Crippen molar-refractivity contribution in [2.45, 2.75) is 44.8 Å². The lowest BCUT2D eigenvalue weighted by atomic mass is 10.1. The van der Waals surface area contributed by atoms with Gasteiger partial charge in [-0.05, 0) is 57.3 Å². The van der Waals surface area contributed by atoms with Crippen LogP contribution in [0.1, 0.15) is 48.4 Å². The van der Waals surface area contributed by atoms with Gasteiger partial charge in [0.1, 0.15) is 5.76 Å². The summed E-state index contributed by atoms with van der Waals surface area (Å²) in [5.74, 6) is 1.27. The third-order valence-electron chi connectivity index (χ3n) is 4.55. The fourth-order valence-corrected chi connectivity index (χ4v) is 3.27. The lowest BCUT2D eigenvalue weighted by Gasteiger charge is -2.27. The number of hydrogen-bond donors (Lipinski definition) is 0. The molecule has 122 valence electrons. The van der Waals surface area contributed by atoms with E-state index < -0.39 is 0 Å². The minimum Gasteiger partial charge on any atom is -0.455 e. The molecule has 0 saturated carbocycles. The van der Waals surface area contributed by atoms with Gasteiger partial charge in [0.15, 0.2) is 5.76 Å². The third kappa shape index (κ3) is 3.90. The Hall–Kier alpha value is -1.33. The summed E-state index contributed by atoms with van der Waals surface area (Å²) in [6, 6.07) is 3.72. The summed E-state index contributed by atoms with van der Waals surface area (Å²) < 4.78 is 11.4. The highest BCUT2D eigenvalue weighted by Crippen LogP contribution is 2.18. The first-order chi connectivity index (χ1) is 10.7. The van der Waals surface area contributed by atoms with E-state index >= 15 is 0 Å². The Labute approximate surface area is 132 Å². The summed E-state index contributed by atoms with van der Waals surface area (Å²) in [5.41, 5.74) is 0. The average molecular weight is 306 g/mol. The molecule has 1 aromatic rings. The van der Waals surface area contributed by atoms with Gasteiger partial charge in [-0.3, -0.25) is 9.69 Å². The minimum atomic E-state index is -0.0538. The molecule has 2 aliphatic heterocycles. The Morgan fingerprint density at radius 3 is 2.82 bits per heavy atom. The number of likely N-dealkylation sites (tertiary alicyclic amines) is 1. The number of hydrogen-bond acceptors (Lipinski definition) is 4. The molecular formula is C17H26N2O3. The second kappa shape index (κ2) is 7.29. The first-order valence-corrected chi connectivity index (χ1v) is 8.40. The molecule has 2 aliphatic rings. The Bertz CT molecular complexity index is 488. The van der Waals surface area contributed by atoms with Gasteiger partial charge in [0.05, 0.1) is 12.6 Å². The van der Waals surface area contributed by atoms with Crippen LogP contribution >= 0.6 is 0 Å². The van der Waals surface area contributed by atoms with Crippen molar-refractivity contribution in [1.82, 2.24) is 9.80 Å². The van der Waals surface area contributed by atoms with Crippen molar-refractivity contribution in [2.24, 2.45) is 0 Å². The van der Waals surface area contributed by atoms with Crippen LogP contribution in [0, 0.1) is 0 Å². The second-order valence-electron chi connectivity index (χ2n) is 6.42. The van der Waals surface area contributed by atoms with Crippen LogP contribution in [0.2, 0.25) is 0 Å². The molecule has 22 heavy (non-hydrogen) atoms. The topological polar surface area (TPSA) is 45.9 Å². The van der Waals surface area contributed by atoms with E-state index in [0.717, 1.165) is 44.8 Å². The van der Waals surface area contributed by atoms with Crippen LogP contribution in [-0.2, 0) is 11.3 Å². The van der Waals surface area contributed by atoms with Gasteiger partial charge in [-0.15, -0.1) is 0 Å². The molecule has 0 radical (unpaired) electrons. The summed E-state index contributed by atoms with van der Waals surface area (Å²) in [5, 5.41) is 0. The van der Waals surface area contributed by atoms with Gasteiger partial charge in [-0.1, -0.05) is 0 Å². The standard InChI is InChI=1S/C17H26N2O3/c1-18(12-14-6-2-5-11-21-14)17(20)16-8-7-15(22-16)13-19-9-3-4-10-19/h7-8,14H,2-6,9-13H2,1H3. The smallest absolute Gasteiger partial charge is 0.289 e. The van der Waals surface area contributed by atoms with Crippen LogP contribution in [0.25, 0.3) is 0 Å². The number of carbonyl (C=O) groups is 1. The highest BCUT2D eigenvalue weighted by molar-refractivity contribution is 5.91. The highest BCUT2D eigenvalue weighted by atomic mass is 16.5. The van der Waals surface area contributed by atoms with Crippen LogP contribution in [0.3, 0.4) is 0 Å². The molecule has 2 fully saturated rings. The van der Waals surface area contributed by atoms with E-state index in [0.29, 0.717) is 12.3 Å². The molecular weight excluding hydrogens is 280 g/mol. The Morgan fingerprint density at radius 2 is 2.09 bits per heavy atom. The molecule has 1 unspecified atom stereocenters. The van der Waals surface area contributed by atoms with Crippen molar-refractivity contribution in [3.63, 3.8) is 0 Å². The lowest BCUT2D eigenvalue weighted by Crippen LogP contribution is -2.37. The quantitative estimate of drug-likeness (QED) is 0.838. The van der Waals surface area contributed by atoms with E-state index in [2.05, 4.69) is 4.90 Å². The van der Waals surface area contributed by atoms with Crippen LogP contribution in [0.4, 0.5) is 0 Å². The molecule has 3 heterocycles. The molecule has 3 rings (SSSR count). The maximum Gasteiger partial charge on any atom is 0.289 e. The van der Waals surface area contributed by atoms with Gasteiger partial charge in [-0.2, -0.15) is 0 Å². The highest BCUT2D eigenvalue weighted by Gasteiger charge is 2.22. The summed E-state index contributed by atoms with van der Waals surface area (Å²) in [4.78, 5) is 16.5. The van der Waals surface area contributed by atoms with Crippen molar-refractivity contribution in [3.8, 4) is 0 Å². The maximum absolute atomic E-state index is 12.4. The lowest BCUT2D eigenvalue weighted by molar-refractivity contribution is -0.000748. The van der Waals surface area contributed by atoms with Crippen molar-refractivity contribution in [3.05, 3.63) is 23.7 Å². The predicted octanol–water partition coefficient (Wildman–Crippen LogP) is 2.52. The van der Waals surface area contributed by atoms with Crippen molar-refractivity contribution in [2.75, 3.05) is 33.3 Å². The zero-order valence-electron chi connectivity index (χ0n) is 13.4. The van der Waals surface area contributed by atoms with Gasteiger partial charge in [0, 0.05) is 20.2 Å². The van der Waals surface area contributed by atoms with E-state index in [1.807, 2.05) is 13.1 Å². The molecule has 0 bridgehead atoms. The average Bonchev–Trinajstić information content (AvgIpc) is 3.20. The molecule has 0 aromatic carbocycles. The van der Waals surface area contributed by atoms with Crippen LogP contribution < -0.4 is 0 Å². The van der Waals surface area contributed by atoms with Gasteiger partial charge in [-0.25, -0.2) is 0 Å². The number of ether oxygens (including phenoxy) is 1. The molecule has 5 heteroatoms. The van der Waals surface area contributed by atoms with E-state index in [-0.39, 0.29) is 12.0 Å². The predicted molar refractivity (Wildman–Crippen MR) is 83.8 cm³/mol. The Morgan fingerprint density at radius 1 is 1.27 bits per heavy atom. The number of carbonyl (C=O) groups excluding carboxylic acids is 1. The van der Waals surface area contributed by atoms with Crippen LogP contribution in [0.15, 0.2) is 16.5 Å². The van der Waals surface area contributed by atoms with Gasteiger partial charge < -0.3 is 14.1 Å². The minimum absolute atomic E-state index is 0.0538. The second-order valence-corrected chi connectivity index (χ2v) is 6.42. The molecule has 1 aromatic heterocycles. The molecule has 0 N–H and O–H groups in total. The summed E-state index contributed by atoms with van der Waals surface area (Å²) in [7, 11) is 1.82. The molecule has 0 spiro atoms. The Balaban J connectivity index is 1.53. The van der Waals surface area contributed by atoms with Crippen LogP contribution in [0.5, 0.6) is 0 Å². The number of furan rings is 1. The first kappa shape index (κ1) is 15.6. The largest absolute Gasteiger partial charge is 0.455 e. The summed E-state index contributed by atoms with van der Waals surface area (Å²) >= 11 is 0. The fourth-order valence-electron chi connectivity index (χ4n) is 3.27. The van der Waals surface area contributed by atoms with Crippen molar-refractivity contribution >= 4 is 5.91 Å². The number of likely N-dealkylation sites (N-methyl/N-ethyl adjacent to an activating group) is 1. The fraction of sp³-hybridized carbons (Fsp3) is 0.706. The summed E-state index contributed by atoms with van der Waals surface area (Å²) in [6.45, 7) is 4.52. The normalized spacial score (nSPS) is 22.9. The monoisotopic (exact) mass is 306 g/mol. The van der Waals surface area contributed by atoms with Crippen molar-refractivity contribution in [1.29, 1.82) is 0 Å². The molecule has 0 aliphatic carbocycles. The number of amides is 1. The van der Waals surface area contributed by atoms with Gasteiger partial charge in [0.25, 0.3) is 5.91 Å². The van der Waals surface area contributed by atoms with E-state index in [1.165, 1.54) is 19.3 Å².